The minimum absolute atomic E-state index is 0.386. The molecule has 19 heavy (non-hydrogen) atoms. The Labute approximate surface area is 117 Å². The lowest BCUT2D eigenvalue weighted by Gasteiger charge is -2.12. The molecule has 0 fully saturated rings. The summed E-state index contributed by atoms with van der Waals surface area (Å²) in [5, 5.41) is 13.0. The van der Waals surface area contributed by atoms with Gasteiger partial charge in [-0.05, 0) is 18.5 Å². The minimum Gasteiger partial charge on any atom is -0.389 e. The monoisotopic (exact) mass is 265 g/mol. The molecule has 0 saturated carbocycles. The van der Waals surface area contributed by atoms with Crippen LogP contribution >= 0.6 is 0 Å². The van der Waals surface area contributed by atoms with Gasteiger partial charge < -0.3 is 15.2 Å². The Balaban J connectivity index is 1.94. The van der Waals surface area contributed by atoms with Gasteiger partial charge in [-0.2, -0.15) is 0 Å². The van der Waals surface area contributed by atoms with E-state index < -0.39 is 6.10 Å². The van der Waals surface area contributed by atoms with Crippen LogP contribution in [0.15, 0.2) is 30.3 Å². The molecule has 0 aliphatic rings. The van der Waals surface area contributed by atoms with Crippen LogP contribution in [0.25, 0.3) is 0 Å². The highest BCUT2D eigenvalue weighted by Gasteiger charge is 2.03. The van der Waals surface area contributed by atoms with E-state index in [-0.39, 0.29) is 0 Å². The average Bonchev–Trinajstić information content (AvgIpc) is 2.44. The van der Waals surface area contributed by atoms with Crippen LogP contribution in [0.5, 0.6) is 0 Å². The summed E-state index contributed by atoms with van der Waals surface area (Å²) in [7, 11) is 0. The molecule has 1 rings (SSSR count). The summed E-state index contributed by atoms with van der Waals surface area (Å²) in [6.45, 7) is 4.75. The highest BCUT2D eigenvalue weighted by atomic mass is 16.5. The molecule has 0 aliphatic heterocycles. The molecule has 2 N–H and O–H groups in total. The highest BCUT2D eigenvalue weighted by molar-refractivity contribution is 5.13. The first kappa shape index (κ1) is 16.2. The van der Waals surface area contributed by atoms with Crippen LogP contribution in [-0.4, -0.2) is 30.9 Å². The van der Waals surface area contributed by atoms with Crippen molar-refractivity contribution in [2.75, 3.05) is 19.7 Å². The number of rotatable bonds is 11. The molecular weight excluding hydrogens is 238 g/mol. The van der Waals surface area contributed by atoms with Gasteiger partial charge in [0, 0.05) is 6.54 Å². The largest absolute Gasteiger partial charge is 0.389 e. The number of hydrogen-bond acceptors (Lipinski definition) is 3. The lowest BCUT2D eigenvalue weighted by Crippen LogP contribution is -2.31. The fourth-order valence-corrected chi connectivity index (χ4v) is 1.89. The zero-order valence-corrected chi connectivity index (χ0v) is 12.0. The standard InChI is InChI=1S/C16H27NO2/c1-2-3-4-8-11-17-12-16(18)14-19-13-15-9-6-5-7-10-15/h5-7,9-10,16-18H,2-4,8,11-14H2,1H3. The fourth-order valence-electron chi connectivity index (χ4n) is 1.89. The van der Waals surface area contributed by atoms with E-state index in [1.54, 1.807) is 0 Å². The first-order valence-electron chi connectivity index (χ1n) is 7.33. The molecule has 1 aromatic carbocycles. The molecule has 0 heterocycles. The van der Waals surface area contributed by atoms with Gasteiger partial charge in [-0.15, -0.1) is 0 Å². The van der Waals surface area contributed by atoms with Crippen LogP contribution < -0.4 is 5.32 Å². The molecule has 0 amide bonds. The van der Waals surface area contributed by atoms with Gasteiger partial charge in [0.15, 0.2) is 0 Å². The quantitative estimate of drug-likeness (QED) is 0.605. The number of benzene rings is 1. The topological polar surface area (TPSA) is 41.5 Å². The van der Waals surface area contributed by atoms with Crippen LogP contribution in [0, 0.1) is 0 Å². The third-order valence-corrected chi connectivity index (χ3v) is 3.01. The fraction of sp³-hybridized carbons (Fsp3) is 0.625. The van der Waals surface area contributed by atoms with E-state index in [9.17, 15) is 5.11 Å². The van der Waals surface area contributed by atoms with E-state index in [1.165, 1.54) is 25.7 Å². The first-order valence-corrected chi connectivity index (χ1v) is 7.33. The van der Waals surface area contributed by atoms with Gasteiger partial charge in [-0.3, -0.25) is 0 Å². The van der Waals surface area contributed by atoms with Crippen LogP contribution in [0.2, 0.25) is 0 Å². The summed E-state index contributed by atoms with van der Waals surface area (Å²) in [4.78, 5) is 0. The molecule has 3 nitrogen and oxygen atoms in total. The molecule has 1 unspecified atom stereocenters. The highest BCUT2D eigenvalue weighted by Crippen LogP contribution is 2.01. The Morgan fingerprint density at radius 2 is 1.95 bits per heavy atom. The molecule has 1 atom stereocenters. The third-order valence-electron chi connectivity index (χ3n) is 3.01. The Morgan fingerprint density at radius 1 is 1.16 bits per heavy atom. The van der Waals surface area contributed by atoms with Crippen molar-refractivity contribution < 1.29 is 9.84 Å². The predicted octanol–water partition coefficient (Wildman–Crippen LogP) is 2.73. The van der Waals surface area contributed by atoms with E-state index in [2.05, 4.69) is 12.2 Å². The molecule has 0 aromatic heterocycles. The molecule has 0 radical (unpaired) electrons. The van der Waals surface area contributed by atoms with Crippen molar-refractivity contribution in [3.8, 4) is 0 Å². The SMILES string of the molecule is CCCCCCNCC(O)COCc1ccccc1. The molecule has 0 saturated heterocycles. The lowest BCUT2D eigenvalue weighted by atomic mass is 10.2. The molecule has 0 spiro atoms. The Bertz CT molecular complexity index is 303. The molecule has 108 valence electrons. The van der Waals surface area contributed by atoms with Gasteiger partial charge in [-0.25, -0.2) is 0 Å². The summed E-state index contributed by atoms with van der Waals surface area (Å²) in [5.41, 5.74) is 1.14. The van der Waals surface area contributed by atoms with Gasteiger partial charge in [-0.1, -0.05) is 56.5 Å². The normalized spacial score (nSPS) is 12.5. The van der Waals surface area contributed by atoms with Crippen LogP contribution in [0.3, 0.4) is 0 Å². The van der Waals surface area contributed by atoms with Gasteiger partial charge in [0.25, 0.3) is 0 Å². The van der Waals surface area contributed by atoms with Gasteiger partial charge in [0.2, 0.25) is 0 Å². The first-order chi connectivity index (χ1) is 9.33. The number of aliphatic hydroxyl groups excluding tert-OH is 1. The van der Waals surface area contributed by atoms with Crippen molar-refractivity contribution in [3.63, 3.8) is 0 Å². The maximum atomic E-state index is 9.74. The minimum atomic E-state index is -0.421. The zero-order chi connectivity index (χ0) is 13.8. The number of hydrogen-bond donors (Lipinski definition) is 2. The lowest BCUT2D eigenvalue weighted by molar-refractivity contribution is 0.0289. The van der Waals surface area contributed by atoms with E-state index >= 15 is 0 Å². The van der Waals surface area contributed by atoms with Crippen molar-refractivity contribution in [1.82, 2.24) is 5.32 Å². The maximum Gasteiger partial charge on any atom is 0.0897 e. The maximum absolute atomic E-state index is 9.74. The second-order valence-electron chi connectivity index (χ2n) is 4.92. The zero-order valence-electron chi connectivity index (χ0n) is 12.0. The van der Waals surface area contributed by atoms with Crippen molar-refractivity contribution in [1.29, 1.82) is 0 Å². The number of aliphatic hydroxyl groups is 1. The Kier molecular flexibility index (Phi) is 9.33. The molecule has 0 bridgehead atoms. The van der Waals surface area contributed by atoms with Crippen molar-refractivity contribution in [2.24, 2.45) is 0 Å². The number of ether oxygens (including phenoxy) is 1. The van der Waals surface area contributed by atoms with Gasteiger partial charge >= 0.3 is 0 Å². The van der Waals surface area contributed by atoms with E-state index in [4.69, 9.17) is 4.74 Å². The summed E-state index contributed by atoms with van der Waals surface area (Å²) in [5.74, 6) is 0. The summed E-state index contributed by atoms with van der Waals surface area (Å²) < 4.78 is 5.49. The molecule has 0 aliphatic carbocycles. The molecule has 3 heteroatoms. The molecular formula is C16H27NO2. The third kappa shape index (κ3) is 8.76. The molecule has 1 aromatic rings. The summed E-state index contributed by atoms with van der Waals surface area (Å²) in [6.07, 6.45) is 4.59. The Hall–Kier alpha value is -0.900. The number of unbranched alkanes of at least 4 members (excludes halogenated alkanes) is 3. The van der Waals surface area contributed by atoms with E-state index in [1.807, 2.05) is 30.3 Å². The number of nitrogens with one attached hydrogen (secondary N) is 1. The second kappa shape index (κ2) is 11.0. The predicted molar refractivity (Wildman–Crippen MR) is 79.1 cm³/mol. The van der Waals surface area contributed by atoms with Crippen LogP contribution in [0.1, 0.15) is 38.2 Å². The van der Waals surface area contributed by atoms with Crippen LogP contribution in [-0.2, 0) is 11.3 Å². The van der Waals surface area contributed by atoms with Gasteiger partial charge in [0.1, 0.15) is 0 Å². The van der Waals surface area contributed by atoms with E-state index in [0.717, 1.165) is 12.1 Å². The second-order valence-corrected chi connectivity index (χ2v) is 4.92. The van der Waals surface area contributed by atoms with Gasteiger partial charge in [0.05, 0.1) is 19.3 Å². The summed E-state index contributed by atoms with van der Waals surface area (Å²) >= 11 is 0. The van der Waals surface area contributed by atoms with E-state index in [0.29, 0.717) is 19.8 Å². The summed E-state index contributed by atoms with van der Waals surface area (Å²) in [6, 6.07) is 10.0. The van der Waals surface area contributed by atoms with Crippen molar-refractivity contribution in [3.05, 3.63) is 35.9 Å². The van der Waals surface area contributed by atoms with Crippen molar-refractivity contribution in [2.45, 2.75) is 45.3 Å². The Morgan fingerprint density at radius 3 is 2.68 bits per heavy atom. The average molecular weight is 265 g/mol. The van der Waals surface area contributed by atoms with Crippen LogP contribution in [0.4, 0.5) is 0 Å². The van der Waals surface area contributed by atoms with Crippen molar-refractivity contribution >= 4 is 0 Å². The smallest absolute Gasteiger partial charge is 0.0897 e.